The molecule has 2 aromatic rings. The molecule has 2 aliphatic heterocycles. The van der Waals surface area contributed by atoms with E-state index in [1.165, 1.54) is 6.39 Å². The van der Waals surface area contributed by atoms with Gasteiger partial charge in [-0.15, -0.1) is 0 Å². The van der Waals surface area contributed by atoms with Crippen LogP contribution in [0.4, 0.5) is 5.69 Å². The SMILES string of the molecule is Cc1ocnc1C(=O)N1CCC2(CC1)CN(c1ccccc1)C(=O)CO2. The van der Waals surface area contributed by atoms with Crippen molar-refractivity contribution < 1.29 is 18.7 Å². The van der Waals surface area contributed by atoms with Crippen LogP contribution >= 0.6 is 0 Å². The molecule has 0 N–H and O–H groups in total. The molecule has 7 heteroatoms. The van der Waals surface area contributed by atoms with E-state index in [9.17, 15) is 9.59 Å². The van der Waals surface area contributed by atoms with Gasteiger partial charge in [-0.25, -0.2) is 4.98 Å². The number of piperidine rings is 1. The molecule has 3 heterocycles. The predicted molar refractivity (Wildman–Crippen MR) is 93.9 cm³/mol. The Labute approximate surface area is 151 Å². The molecule has 2 saturated heterocycles. The summed E-state index contributed by atoms with van der Waals surface area (Å²) in [5.74, 6) is 0.390. The molecule has 1 aromatic heterocycles. The molecule has 2 amide bonds. The van der Waals surface area contributed by atoms with Gasteiger partial charge in [-0.2, -0.15) is 0 Å². The Hall–Kier alpha value is -2.67. The van der Waals surface area contributed by atoms with Crippen molar-refractivity contribution in [2.75, 3.05) is 31.1 Å². The van der Waals surface area contributed by atoms with E-state index >= 15 is 0 Å². The minimum atomic E-state index is -0.403. The first-order chi connectivity index (χ1) is 12.6. The molecule has 2 fully saturated rings. The van der Waals surface area contributed by atoms with Crippen LogP contribution < -0.4 is 4.90 Å². The number of nitrogens with zero attached hydrogens (tertiary/aromatic N) is 3. The molecule has 0 atom stereocenters. The minimum absolute atomic E-state index is 0.0291. The van der Waals surface area contributed by atoms with Crippen molar-refractivity contribution >= 4 is 17.5 Å². The molecule has 0 saturated carbocycles. The summed E-state index contributed by atoms with van der Waals surface area (Å²) in [6.07, 6.45) is 2.67. The maximum Gasteiger partial charge on any atom is 0.276 e. The number of carbonyl (C=O) groups excluding carboxylic acids is 2. The highest BCUT2D eigenvalue weighted by Gasteiger charge is 2.43. The van der Waals surface area contributed by atoms with Crippen LogP contribution in [0, 0.1) is 6.92 Å². The number of morpholine rings is 1. The van der Waals surface area contributed by atoms with Gasteiger partial charge in [0.2, 0.25) is 0 Å². The van der Waals surface area contributed by atoms with Crippen molar-refractivity contribution in [1.29, 1.82) is 0 Å². The summed E-state index contributed by atoms with van der Waals surface area (Å²) in [6.45, 7) is 3.47. The topological polar surface area (TPSA) is 75.9 Å². The van der Waals surface area contributed by atoms with Gasteiger partial charge in [0.1, 0.15) is 12.4 Å². The summed E-state index contributed by atoms with van der Waals surface area (Å²) >= 11 is 0. The van der Waals surface area contributed by atoms with E-state index in [1.54, 1.807) is 16.7 Å². The molecule has 26 heavy (non-hydrogen) atoms. The number of hydrogen-bond acceptors (Lipinski definition) is 5. The summed E-state index contributed by atoms with van der Waals surface area (Å²) in [7, 11) is 0. The number of aromatic nitrogens is 1. The van der Waals surface area contributed by atoms with Gasteiger partial charge in [-0.05, 0) is 31.9 Å². The maximum atomic E-state index is 12.6. The van der Waals surface area contributed by atoms with Gasteiger partial charge in [0.15, 0.2) is 12.1 Å². The summed E-state index contributed by atoms with van der Waals surface area (Å²) < 4.78 is 11.1. The number of amides is 2. The van der Waals surface area contributed by atoms with E-state index in [4.69, 9.17) is 9.15 Å². The molecule has 1 aromatic carbocycles. The quantitative estimate of drug-likeness (QED) is 0.824. The molecular formula is C19H21N3O4. The lowest BCUT2D eigenvalue weighted by atomic mass is 9.89. The first-order valence-electron chi connectivity index (χ1n) is 8.77. The van der Waals surface area contributed by atoms with Crippen LogP contribution in [-0.2, 0) is 9.53 Å². The summed E-state index contributed by atoms with van der Waals surface area (Å²) in [5, 5.41) is 0. The molecule has 7 nitrogen and oxygen atoms in total. The zero-order chi connectivity index (χ0) is 18.1. The van der Waals surface area contributed by atoms with E-state index in [0.717, 1.165) is 5.69 Å². The Bertz CT molecular complexity index is 809. The number of benzene rings is 1. The number of anilines is 1. The van der Waals surface area contributed by atoms with Gasteiger partial charge in [0.05, 0.1) is 12.1 Å². The van der Waals surface area contributed by atoms with Gasteiger partial charge in [-0.3, -0.25) is 9.59 Å². The average Bonchev–Trinajstić information content (AvgIpc) is 3.11. The lowest BCUT2D eigenvalue weighted by Crippen LogP contribution is -2.59. The number of oxazole rings is 1. The van der Waals surface area contributed by atoms with Crippen molar-refractivity contribution in [3.05, 3.63) is 48.2 Å². The molecule has 0 radical (unpaired) electrons. The number of carbonyl (C=O) groups is 2. The predicted octanol–water partition coefficient (Wildman–Crippen LogP) is 2.02. The third kappa shape index (κ3) is 2.99. The number of rotatable bonds is 2. The summed E-state index contributed by atoms with van der Waals surface area (Å²) in [4.78, 5) is 32.5. The van der Waals surface area contributed by atoms with Crippen LogP contribution in [0.3, 0.4) is 0 Å². The second-order valence-corrected chi connectivity index (χ2v) is 6.84. The molecule has 0 unspecified atom stereocenters. The summed E-state index contributed by atoms with van der Waals surface area (Å²) in [5.41, 5.74) is 0.850. The van der Waals surface area contributed by atoms with E-state index in [-0.39, 0.29) is 18.4 Å². The minimum Gasteiger partial charge on any atom is -0.448 e. The van der Waals surface area contributed by atoms with E-state index in [0.29, 0.717) is 43.9 Å². The first-order valence-corrected chi connectivity index (χ1v) is 8.77. The van der Waals surface area contributed by atoms with Gasteiger partial charge < -0.3 is 19.0 Å². The maximum absolute atomic E-state index is 12.6. The molecule has 4 rings (SSSR count). The highest BCUT2D eigenvalue weighted by molar-refractivity contribution is 5.95. The fraction of sp³-hybridized carbons (Fsp3) is 0.421. The number of para-hydroxylation sites is 1. The van der Waals surface area contributed by atoms with Crippen LogP contribution in [0.15, 0.2) is 41.1 Å². The second kappa shape index (κ2) is 6.57. The van der Waals surface area contributed by atoms with Crippen molar-refractivity contribution in [1.82, 2.24) is 9.88 Å². The van der Waals surface area contributed by atoms with Crippen molar-refractivity contribution in [3.8, 4) is 0 Å². The number of likely N-dealkylation sites (tertiary alicyclic amines) is 1. The Morgan fingerprint density at radius 3 is 2.58 bits per heavy atom. The fourth-order valence-corrected chi connectivity index (χ4v) is 3.64. The normalized spacial score (nSPS) is 19.8. The smallest absolute Gasteiger partial charge is 0.276 e. The molecule has 2 aliphatic rings. The highest BCUT2D eigenvalue weighted by Crippen LogP contribution is 2.33. The molecule has 1 spiro atoms. The first kappa shape index (κ1) is 16.8. The average molecular weight is 355 g/mol. The zero-order valence-electron chi connectivity index (χ0n) is 14.7. The van der Waals surface area contributed by atoms with Crippen LogP contribution in [0.25, 0.3) is 0 Å². The Morgan fingerprint density at radius 1 is 1.19 bits per heavy atom. The van der Waals surface area contributed by atoms with E-state index in [1.807, 2.05) is 30.3 Å². The lowest BCUT2D eigenvalue weighted by Gasteiger charge is -2.46. The fourth-order valence-electron chi connectivity index (χ4n) is 3.64. The standard InChI is InChI=1S/C19H21N3O4/c1-14-17(20-13-25-14)18(24)21-9-7-19(8-10-21)12-22(16(23)11-26-19)15-5-3-2-4-6-15/h2-6,13H,7-12H2,1H3. The Balaban J connectivity index is 1.45. The van der Waals surface area contributed by atoms with Crippen LogP contribution in [0.5, 0.6) is 0 Å². The zero-order valence-corrected chi connectivity index (χ0v) is 14.7. The monoisotopic (exact) mass is 355 g/mol. The number of ether oxygens (including phenoxy) is 1. The van der Waals surface area contributed by atoms with Gasteiger partial charge in [0.25, 0.3) is 11.8 Å². The Morgan fingerprint density at radius 2 is 1.92 bits per heavy atom. The Kier molecular flexibility index (Phi) is 4.24. The van der Waals surface area contributed by atoms with E-state index < -0.39 is 5.60 Å². The third-order valence-electron chi connectivity index (χ3n) is 5.23. The van der Waals surface area contributed by atoms with Gasteiger partial charge in [-0.1, -0.05) is 18.2 Å². The second-order valence-electron chi connectivity index (χ2n) is 6.84. The van der Waals surface area contributed by atoms with Crippen LogP contribution in [0.1, 0.15) is 29.1 Å². The summed E-state index contributed by atoms with van der Waals surface area (Å²) in [6, 6.07) is 9.64. The molecule has 136 valence electrons. The molecule has 0 bridgehead atoms. The number of aryl methyl sites for hydroxylation is 1. The van der Waals surface area contributed by atoms with Crippen LogP contribution in [-0.4, -0.2) is 53.5 Å². The largest absolute Gasteiger partial charge is 0.448 e. The highest BCUT2D eigenvalue weighted by atomic mass is 16.5. The molecular weight excluding hydrogens is 334 g/mol. The lowest BCUT2D eigenvalue weighted by molar-refractivity contribution is -0.143. The third-order valence-corrected chi connectivity index (χ3v) is 5.23. The number of hydrogen-bond donors (Lipinski definition) is 0. The van der Waals surface area contributed by atoms with E-state index in [2.05, 4.69) is 4.98 Å². The van der Waals surface area contributed by atoms with Crippen molar-refractivity contribution in [2.45, 2.75) is 25.4 Å². The van der Waals surface area contributed by atoms with Crippen LogP contribution in [0.2, 0.25) is 0 Å². The molecule has 0 aliphatic carbocycles. The van der Waals surface area contributed by atoms with Crippen molar-refractivity contribution in [2.24, 2.45) is 0 Å². The van der Waals surface area contributed by atoms with Gasteiger partial charge in [0, 0.05) is 18.8 Å². The van der Waals surface area contributed by atoms with Gasteiger partial charge >= 0.3 is 0 Å². The van der Waals surface area contributed by atoms with Crippen molar-refractivity contribution in [3.63, 3.8) is 0 Å².